The molecule has 0 saturated heterocycles. The maximum atomic E-state index is 11.6. The zero-order chi connectivity index (χ0) is 18.4. The molecule has 1 heterocycles. The van der Waals surface area contributed by atoms with E-state index in [2.05, 4.69) is 9.47 Å². The Morgan fingerprint density at radius 1 is 1.08 bits per heavy atom. The third kappa shape index (κ3) is 4.51. The SMILES string of the molecule is COC(=O)/C=C/C(=C\C=C(/C)C=O)Oc1ccc2c(c1)C(=O)OC2=O. The van der Waals surface area contributed by atoms with Gasteiger partial charge in [-0.3, -0.25) is 4.79 Å². The van der Waals surface area contributed by atoms with E-state index in [0.717, 1.165) is 6.08 Å². The third-order valence-corrected chi connectivity index (χ3v) is 3.13. The fourth-order valence-electron chi connectivity index (χ4n) is 1.86. The van der Waals surface area contributed by atoms with Crippen LogP contribution in [0, 0.1) is 0 Å². The smallest absolute Gasteiger partial charge is 0.347 e. The number of fused-ring (bicyclic) bond motifs is 1. The number of rotatable bonds is 6. The van der Waals surface area contributed by atoms with Crippen LogP contribution in [0.25, 0.3) is 0 Å². The van der Waals surface area contributed by atoms with E-state index in [0.29, 0.717) is 11.9 Å². The topological polar surface area (TPSA) is 96.0 Å². The van der Waals surface area contributed by atoms with Gasteiger partial charge in [-0.25, -0.2) is 14.4 Å². The molecule has 0 N–H and O–H groups in total. The number of methoxy groups -OCH3 is 1. The van der Waals surface area contributed by atoms with E-state index in [4.69, 9.17) is 4.74 Å². The van der Waals surface area contributed by atoms with Crippen LogP contribution in [0.15, 0.2) is 53.8 Å². The van der Waals surface area contributed by atoms with Crippen molar-refractivity contribution in [3.8, 4) is 5.75 Å². The van der Waals surface area contributed by atoms with Crippen LogP contribution >= 0.6 is 0 Å². The highest BCUT2D eigenvalue weighted by atomic mass is 16.6. The van der Waals surface area contributed by atoms with Crippen LogP contribution in [0.2, 0.25) is 0 Å². The van der Waals surface area contributed by atoms with Gasteiger partial charge in [-0.2, -0.15) is 0 Å². The molecule has 0 saturated carbocycles. The molecule has 128 valence electrons. The summed E-state index contributed by atoms with van der Waals surface area (Å²) >= 11 is 0. The predicted molar refractivity (Wildman–Crippen MR) is 85.9 cm³/mol. The third-order valence-electron chi connectivity index (χ3n) is 3.13. The van der Waals surface area contributed by atoms with Crippen molar-refractivity contribution >= 4 is 24.2 Å². The Balaban J connectivity index is 2.30. The first kappa shape index (κ1) is 17.9. The van der Waals surface area contributed by atoms with Crippen molar-refractivity contribution in [2.45, 2.75) is 6.92 Å². The first-order chi connectivity index (χ1) is 11.9. The molecule has 1 aliphatic rings. The van der Waals surface area contributed by atoms with Gasteiger partial charge < -0.3 is 14.2 Å². The van der Waals surface area contributed by atoms with E-state index >= 15 is 0 Å². The molecule has 0 spiro atoms. The first-order valence-corrected chi connectivity index (χ1v) is 7.13. The number of hydrogen-bond donors (Lipinski definition) is 0. The molecule has 1 aromatic rings. The average molecular weight is 342 g/mol. The number of ether oxygens (including phenoxy) is 3. The molecule has 1 aromatic carbocycles. The second-order valence-corrected chi connectivity index (χ2v) is 4.94. The molecule has 7 heteroatoms. The Hall–Kier alpha value is -3.48. The van der Waals surface area contributed by atoms with Gasteiger partial charge in [-0.15, -0.1) is 0 Å². The Bertz CT molecular complexity index is 828. The van der Waals surface area contributed by atoms with Gasteiger partial charge in [0.2, 0.25) is 0 Å². The van der Waals surface area contributed by atoms with Crippen molar-refractivity contribution in [2.75, 3.05) is 7.11 Å². The molecule has 0 aliphatic carbocycles. The quantitative estimate of drug-likeness (QED) is 0.195. The minimum Gasteiger partial charge on any atom is -0.466 e. The van der Waals surface area contributed by atoms with Gasteiger partial charge in [-0.1, -0.05) is 6.08 Å². The van der Waals surface area contributed by atoms with Crippen molar-refractivity contribution in [2.24, 2.45) is 0 Å². The molecule has 7 nitrogen and oxygen atoms in total. The molecule has 2 rings (SSSR count). The summed E-state index contributed by atoms with van der Waals surface area (Å²) < 4.78 is 14.6. The molecule has 0 radical (unpaired) electrons. The Morgan fingerprint density at radius 3 is 2.48 bits per heavy atom. The number of esters is 3. The second-order valence-electron chi connectivity index (χ2n) is 4.94. The number of allylic oxidation sites excluding steroid dienone is 4. The van der Waals surface area contributed by atoms with Crippen LogP contribution in [0.4, 0.5) is 0 Å². The van der Waals surface area contributed by atoms with Gasteiger partial charge in [0, 0.05) is 6.08 Å². The second kappa shape index (κ2) is 7.87. The summed E-state index contributed by atoms with van der Waals surface area (Å²) in [5, 5.41) is 0. The summed E-state index contributed by atoms with van der Waals surface area (Å²) in [4.78, 5) is 44.9. The number of carbonyl (C=O) groups is 4. The van der Waals surface area contributed by atoms with Gasteiger partial charge in [0.05, 0.1) is 18.2 Å². The summed E-state index contributed by atoms with van der Waals surface area (Å²) in [6.45, 7) is 1.60. The Kier molecular flexibility index (Phi) is 5.62. The molecule has 0 atom stereocenters. The standard InChI is InChI=1S/C18H14O7/c1-11(10-19)3-4-12(6-8-16(20)23-2)24-13-5-7-14-15(9-13)18(22)25-17(14)21/h3-10H,1-2H3/b8-6+,11-3+,12-4+. The van der Waals surface area contributed by atoms with Crippen LogP contribution < -0.4 is 4.74 Å². The largest absolute Gasteiger partial charge is 0.466 e. The number of benzene rings is 1. The van der Waals surface area contributed by atoms with Crippen molar-refractivity contribution in [3.63, 3.8) is 0 Å². The zero-order valence-corrected chi connectivity index (χ0v) is 13.5. The average Bonchev–Trinajstić information content (AvgIpc) is 2.90. The lowest BCUT2D eigenvalue weighted by Gasteiger charge is -2.07. The van der Waals surface area contributed by atoms with Gasteiger partial charge in [-0.05, 0) is 42.8 Å². The number of aldehydes is 1. The summed E-state index contributed by atoms with van der Waals surface area (Å²) in [6, 6.07) is 4.25. The number of hydrogen-bond acceptors (Lipinski definition) is 7. The predicted octanol–water partition coefficient (Wildman–Crippen LogP) is 2.13. The highest BCUT2D eigenvalue weighted by molar-refractivity contribution is 6.14. The summed E-state index contributed by atoms with van der Waals surface area (Å²) in [5.74, 6) is -1.59. The van der Waals surface area contributed by atoms with Crippen LogP contribution in [0.5, 0.6) is 5.75 Å². The molecule has 0 aromatic heterocycles. The molecule has 1 aliphatic heterocycles. The number of cyclic esters (lactones) is 2. The lowest BCUT2D eigenvalue weighted by molar-refractivity contribution is -0.134. The van der Waals surface area contributed by atoms with Crippen molar-refractivity contribution in [1.29, 1.82) is 0 Å². The number of carbonyl (C=O) groups excluding carboxylic acids is 4. The van der Waals surface area contributed by atoms with E-state index < -0.39 is 17.9 Å². The monoisotopic (exact) mass is 342 g/mol. The Labute approximate surface area is 143 Å². The van der Waals surface area contributed by atoms with Crippen LogP contribution in [0.1, 0.15) is 27.6 Å². The van der Waals surface area contributed by atoms with E-state index in [9.17, 15) is 19.2 Å². The van der Waals surface area contributed by atoms with Crippen molar-refractivity contribution < 1.29 is 33.4 Å². The summed E-state index contributed by atoms with van der Waals surface area (Å²) in [7, 11) is 1.23. The minimum atomic E-state index is -0.752. The first-order valence-electron chi connectivity index (χ1n) is 7.13. The minimum absolute atomic E-state index is 0.0958. The van der Waals surface area contributed by atoms with Gasteiger partial charge >= 0.3 is 17.9 Å². The molecule has 0 unspecified atom stereocenters. The molecule has 0 fully saturated rings. The van der Waals surface area contributed by atoms with Crippen LogP contribution in [-0.2, 0) is 19.1 Å². The maximum Gasteiger partial charge on any atom is 0.347 e. The summed E-state index contributed by atoms with van der Waals surface area (Å²) in [5.41, 5.74) is 0.693. The van der Waals surface area contributed by atoms with E-state index in [-0.39, 0.29) is 22.6 Å². The lowest BCUT2D eigenvalue weighted by Crippen LogP contribution is -1.99. The Morgan fingerprint density at radius 2 is 1.80 bits per heavy atom. The van der Waals surface area contributed by atoms with Crippen molar-refractivity contribution in [1.82, 2.24) is 0 Å². The molecule has 0 bridgehead atoms. The van der Waals surface area contributed by atoms with E-state index in [1.54, 1.807) is 6.92 Å². The highest BCUT2D eigenvalue weighted by Gasteiger charge is 2.29. The molecule has 25 heavy (non-hydrogen) atoms. The zero-order valence-electron chi connectivity index (χ0n) is 13.5. The van der Waals surface area contributed by atoms with Crippen molar-refractivity contribution in [3.05, 3.63) is 65.0 Å². The van der Waals surface area contributed by atoms with E-state index in [1.165, 1.54) is 43.5 Å². The van der Waals surface area contributed by atoms with Gasteiger partial charge in [0.15, 0.2) is 0 Å². The fourth-order valence-corrected chi connectivity index (χ4v) is 1.86. The molecule has 0 amide bonds. The summed E-state index contributed by atoms with van der Waals surface area (Å²) in [6.07, 6.45) is 6.11. The normalized spacial score (nSPS) is 14.3. The van der Waals surface area contributed by atoms with Gasteiger partial charge in [0.25, 0.3) is 0 Å². The molecular weight excluding hydrogens is 328 g/mol. The van der Waals surface area contributed by atoms with E-state index in [1.807, 2.05) is 0 Å². The lowest BCUT2D eigenvalue weighted by atomic mass is 10.1. The van der Waals surface area contributed by atoms with Gasteiger partial charge in [0.1, 0.15) is 17.8 Å². The maximum absolute atomic E-state index is 11.6. The van der Waals surface area contributed by atoms with Crippen LogP contribution in [0.3, 0.4) is 0 Å². The van der Waals surface area contributed by atoms with Crippen LogP contribution in [-0.4, -0.2) is 31.3 Å². The highest BCUT2D eigenvalue weighted by Crippen LogP contribution is 2.26. The fraction of sp³-hybridized carbons (Fsp3) is 0.111. The molecular formula is C18H14O7.